The summed E-state index contributed by atoms with van der Waals surface area (Å²) in [5.41, 5.74) is 7.78. The van der Waals surface area contributed by atoms with E-state index in [4.69, 9.17) is 17.3 Å². The third kappa shape index (κ3) is 4.59. The number of nitrogens with two attached hydrogens (primary N) is 1. The minimum absolute atomic E-state index is 0.205. The number of para-hydroxylation sites is 1. The molecule has 3 N–H and O–H groups in total. The first kappa shape index (κ1) is 16.5. The van der Waals surface area contributed by atoms with Gasteiger partial charge in [-0.25, -0.2) is 0 Å². The third-order valence-corrected chi connectivity index (χ3v) is 4.52. The highest BCUT2D eigenvalue weighted by molar-refractivity contribution is 7.97. The van der Waals surface area contributed by atoms with Crippen molar-refractivity contribution in [2.24, 2.45) is 0 Å². The first-order valence-electron chi connectivity index (χ1n) is 7.34. The molecular weight excluding hydrogens is 342 g/mol. The van der Waals surface area contributed by atoms with E-state index in [9.17, 15) is 0 Å². The van der Waals surface area contributed by atoms with Gasteiger partial charge < -0.3 is 11.1 Å². The van der Waals surface area contributed by atoms with Gasteiger partial charge in [-0.05, 0) is 23.8 Å². The summed E-state index contributed by atoms with van der Waals surface area (Å²) in [7, 11) is 0. The van der Waals surface area contributed by atoms with Crippen LogP contribution in [0.3, 0.4) is 0 Å². The van der Waals surface area contributed by atoms with Crippen molar-refractivity contribution < 1.29 is 0 Å². The van der Waals surface area contributed by atoms with Gasteiger partial charge >= 0.3 is 0 Å². The minimum Gasteiger partial charge on any atom is -0.368 e. The molecule has 0 saturated carbocycles. The molecule has 3 aromatic rings. The van der Waals surface area contributed by atoms with Crippen LogP contribution in [0.5, 0.6) is 0 Å². The molecule has 7 heteroatoms. The maximum atomic E-state index is 6.16. The second-order valence-electron chi connectivity index (χ2n) is 5.01. The standard InChI is InChI=1S/C17H16ClN5S/c18-14-9-5-4-6-12(14)10-24-11-15-21-16(19)23-17(22-15)20-13-7-2-1-3-8-13/h1-9H,10-11H2,(H3,19,20,21,22,23). The average Bonchev–Trinajstić information content (AvgIpc) is 2.57. The van der Waals surface area contributed by atoms with Crippen LogP contribution in [0, 0.1) is 0 Å². The van der Waals surface area contributed by atoms with Crippen LogP contribution < -0.4 is 11.1 Å². The number of anilines is 3. The summed E-state index contributed by atoms with van der Waals surface area (Å²) < 4.78 is 0. The van der Waals surface area contributed by atoms with E-state index >= 15 is 0 Å². The monoisotopic (exact) mass is 357 g/mol. The van der Waals surface area contributed by atoms with Gasteiger partial charge in [-0.1, -0.05) is 48.0 Å². The van der Waals surface area contributed by atoms with Crippen molar-refractivity contribution in [1.82, 2.24) is 15.0 Å². The maximum absolute atomic E-state index is 6.16. The number of aromatic nitrogens is 3. The molecular formula is C17H16ClN5S. The van der Waals surface area contributed by atoms with Crippen molar-refractivity contribution in [3.8, 4) is 0 Å². The molecule has 0 spiro atoms. The summed E-state index contributed by atoms with van der Waals surface area (Å²) in [5, 5.41) is 3.90. The summed E-state index contributed by atoms with van der Waals surface area (Å²) in [5.74, 6) is 2.70. The zero-order valence-corrected chi connectivity index (χ0v) is 14.4. The summed E-state index contributed by atoms with van der Waals surface area (Å²) in [4.78, 5) is 12.7. The second kappa shape index (κ2) is 7.99. The molecule has 0 fully saturated rings. The number of nitrogens with one attached hydrogen (secondary N) is 1. The fraction of sp³-hybridized carbons (Fsp3) is 0.118. The normalized spacial score (nSPS) is 10.5. The fourth-order valence-corrected chi connectivity index (χ4v) is 3.24. The molecule has 0 atom stereocenters. The predicted octanol–water partition coefficient (Wildman–Crippen LogP) is 4.28. The van der Waals surface area contributed by atoms with Crippen molar-refractivity contribution >= 4 is 40.9 Å². The number of nitrogen functional groups attached to an aromatic ring is 1. The van der Waals surface area contributed by atoms with Crippen molar-refractivity contribution in [3.63, 3.8) is 0 Å². The molecule has 0 aliphatic carbocycles. The SMILES string of the molecule is Nc1nc(CSCc2ccccc2Cl)nc(Nc2ccccc2)n1. The Hall–Kier alpha value is -2.31. The van der Waals surface area contributed by atoms with Crippen molar-refractivity contribution in [1.29, 1.82) is 0 Å². The zero-order valence-electron chi connectivity index (χ0n) is 12.8. The van der Waals surface area contributed by atoms with Gasteiger partial charge in [0.15, 0.2) is 0 Å². The van der Waals surface area contributed by atoms with Crippen LogP contribution in [0.4, 0.5) is 17.6 Å². The van der Waals surface area contributed by atoms with Crippen LogP contribution in [-0.4, -0.2) is 15.0 Å². The number of thioether (sulfide) groups is 1. The lowest BCUT2D eigenvalue weighted by atomic mass is 10.2. The van der Waals surface area contributed by atoms with Gasteiger partial charge in [0, 0.05) is 16.5 Å². The Morgan fingerprint density at radius 3 is 2.46 bits per heavy atom. The van der Waals surface area contributed by atoms with Gasteiger partial charge in [-0.2, -0.15) is 15.0 Å². The quantitative estimate of drug-likeness (QED) is 0.685. The Balaban J connectivity index is 1.64. The molecule has 0 radical (unpaired) electrons. The number of halogens is 1. The highest BCUT2D eigenvalue weighted by Crippen LogP contribution is 2.23. The molecule has 122 valence electrons. The van der Waals surface area contributed by atoms with Gasteiger partial charge in [-0.3, -0.25) is 0 Å². The number of hydrogen-bond donors (Lipinski definition) is 2. The van der Waals surface area contributed by atoms with Gasteiger partial charge in [0.25, 0.3) is 0 Å². The number of benzene rings is 2. The largest absolute Gasteiger partial charge is 0.368 e. The molecule has 0 aliphatic rings. The van der Waals surface area contributed by atoms with E-state index < -0.39 is 0 Å². The van der Waals surface area contributed by atoms with Gasteiger partial charge in [0.2, 0.25) is 11.9 Å². The Labute approximate surface area is 149 Å². The number of nitrogens with zero attached hydrogens (tertiary/aromatic N) is 3. The van der Waals surface area contributed by atoms with E-state index in [1.807, 2.05) is 54.6 Å². The van der Waals surface area contributed by atoms with Crippen LogP contribution in [0.25, 0.3) is 0 Å². The summed E-state index contributed by atoms with van der Waals surface area (Å²) in [6.07, 6.45) is 0. The van der Waals surface area contributed by atoms with Gasteiger partial charge in [0.1, 0.15) is 5.82 Å². The first-order chi connectivity index (χ1) is 11.7. The Morgan fingerprint density at radius 2 is 1.67 bits per heavy atom. The van der Waals surface area contributed by atoms with E-state index in [1.165, 1.54) is 0 Å². The van der Waals surface area contributed by atoms with Crippen LogP contribution in [0.1, 0.15) is 11.4 Å². The lowest BCUT2D eigenvalue weighted by molar-refractivity contribution is 0.982. The van der Waals surface area contributed by atoms with Crippen molar-refractivity contribution in [2.45, 2.75) is 11.5 Å². The van der Waals surface area contributed by atoms with E-state index in [2.05, 4.69) is 20.3 Å². The van der Waals surface area contributed by atoms with Crippen LogP contribution in [0.15, 0.2) is 54.6 Å². The van der Waals surface area contributed by atoms with Crippen LogP contribution in [0.2, 0.25) is 5.02 Å². The Bertz CT molecular complexity index is 813. The molecule has 0 saturated heterocycles. The molecule has 1 aromatic heterocycles. The van der Waals surface area contributed by atoms with E-state index in [-0.39, 0.29) is 5.95 Å². The van der Waals surface area contributed by atoms with Crippen LogP contribution >= 0.6 is 23.4 Å². The molecule has 24 heavy (non-hydrogen) atoms. The second-order valence-corrected chi connectivity index (χ2v) is 6.40. The summed E-state index contributed by atoms with van der Waals surface area (Å²) >= 11 is 7.84. The average molecular weight is 358 g/mol. The topological polar surface area (TPSA) is 76.7 Å². The smallest absolute Gasteiger partial charge is 0.232 e. The highest BCUT2D eigenvalue weighted by Gasteiger charge is 2.06. The van der Waals surface area contributed by atoms with Gasteiger partial charge in [0.05, 0.1) is 5.75 Å². The lowest BCUT2D eigenvalue weighted by Gasteiger charge is -2.07. The van der Waals surface area contributed by atoms with Crippen molar-refractivity contribution in [3.05, 3.63) is 71.0 Å². The fourth-order valence-electron chi connectivity index (χ4n) is 2.08. The molecule has 5 nitrogen and oxygen atoms in total. The maximum Gasteiger partial charge on any atom is 0.232 e. The Kier molecular flexibility index (Phi) is 5.51. The first-order valence-corrected chi connectivity index (χ1v) is 8.87. The molecule has 0 amide bonds. The minimum atomic E-state index is 0.205. The summed E-state index contributed by atoms with van der Waals surface area (Å²) in [6.45, 7) is 0. The molecule has 2 aromatic carbocycles. The number of hydrogen-bond acceptors (Lipinski definition) is 6. The predicted molar refractivity (Wildman–Crippen MR) is 100 cm³/mol. The lowest BCUT2D eigenvalue weighted by Crippen LogP contribution is -2.06. The molecule has 0 bridgehead atoms. The zero-order chi connectivity index (χ0) is 16.8. The Morgan fingerprint density at radius 1 is 0.917 bits per heavy atom. The molecule has 0 unspecified atom stereocenters. The third-order valence-electron chi connectivity index (χ3n) is 3.18. The molecule has 0 aliphatic heterocycles. The number of rotatable bonds is 6. The van der Waals surface area contributed by atoms with E-state index in [0.717, 1.165) is 22.0 Å². The highest BCUT2D eigenvalue weighted by atomic mass is 35.5. The summed E-state index contributed by atoms with van der Waals surface area (Å²) in [6, 6.07) is 17.5. The van der Waals surface area contributed by atoms with E-state index in [1.54, 1.807) is 11.8 Å². The van der Waals surface area contributed by atoms with Crippen LogP contribution in [-0.2, 0) is 11.5 Å². The van der Waals surface area contributed by atoms with E-state index in [0.29, 0.717) is 17.5 Å². The molecule has 1 heterocycles. The van der Waals surface area contributed by atoms with Crippen molar-refractivity contribution in [2.75, 3.05) is 11.1 Å². The van der Waals surface area contributed by atoms with Gasteiger partial charge in [-0.15, -0.1) is 11.8 Å². The molecule has 3 rings (SSSR count).